The molecular weight excluding hydrogens is 212 g/mol. The van der Waals surface area contributed by atoms with Crippen molar-refractivity contribution < 1.29 is 9.72 Å². The highest BCUT2D eigenvalue weighted by Crippen LogP contribution is 2.33. The number of carbonyl (C=O) groups excluding carboxylic acids is 1. The monoisotopic (exact) mass is 222 g/mol. The normalized spacial score (nSPS) is 13.9. The maximum absolute atomic E-state index is 11.1. The Kier molecular flexibility index (Phi) is 2.45. The number of nitro benzene ring substituents is 1. The number of anilines is 2. The number of nitro groups is 1. The van der Waals surface area contributed by atoms with Gasteiger partial charge < -0.3 is 10.7 Å². The molecule has 0 radical (unpaired) electrons. The number of rotatable bonds is 2. The summed E-state index contributed by atoms with van der Waals surface area (Å²) in [5, 5.41) is 13.4. The van der Waals surface area contributed by atoms with Gasteiger partial charge in [-0.2, -0.15) is 0 Å². The molecule has 4 N–H and O–H groups in total. The first kappa shape index (κ1) is 10.4. The summed E-state index contributed by atoms with van der Waals surface area (Å²) < 4.78 is 0. The molecule has 1 aromatic carbocycles. The molecule has 1 heterocycles. The van der Waals surface area contributed by atoms with E-state index in [4.69, 9.17) is 5.84 Å². The largest absolute Gasteiger partial charge is 0.326 e. The van der Waals surface area contributed by atoms with Crippen molar-refractivity contribution in [1.29, 1.82) is 0 Å². The van der Waals surface area contributed by atoms with Gasteiger partial charge in [0.05, 0.1) is 4.92 Å². The number of carbonyl (C=O) groups is 1. The van der Waals surface area contributed by atoms with Crippen LogP contribution in [0.15, 0.2) is 12.1 Å². The zero-order valence-electron chi connectivity index (χ0n) is 8.32. The van der Waals surface area contributed by atoms with Crippen molar-refractivity contribution in [1.82, 2.24) is 0 Å². The molecule has 1 amide bonds. The number of benzene rings is 1. The number of hydrogen-bond acceptors (Lipinski definition) is 5. The van der Waals surface area contributed by atoms with E-state index < -0.39 is 4.92 Å². The summed E-state index contributed by atoms with van der Waals surface area (Å²) in [5.41, 5.74) is 3.68. The lowest BCUT2D eigenvalue weighted by Gasteiger charge is -2.17. The van der Waals surface area contributed by atoms with Gasteiger partial charge in [0.1, 0.15) is 5.69 Å². The van der Waals surface area contributed by atoms with Gasteiger partial charge in [0.15, 0.2) is 0 Å². The third kappa shape index (κ3) is 1.68. The highest BCUT2D eigenvalue weighted by molar-refractivity contribution is 5.95. The molecule has 0 atom stereocenters. The molecule has 0 saturated carbocycles. The third-order valence-electron chi connectivity index (χ3n) is 2.47. The van der Waals surface area contributed by atoms with Gasteiger partial charge in [0, 0.05) is 18.2 Å². The van der Waals surface area contributed by atoms with Crippen molar-refractivity contribution >= 4 is 23.0 Å². The van der Waals surface area contributed by atoms with E-state index in [0.717, 1.165) is 5.56 Å². The van der Waals surface area contributed by atoms with E-state index in [0.29, 0.717) is 18.5 Å². The Bertz CT molecular complexity index is 472. The summed E-state index contributed by atoms with van der Waals surface area (Å²) in [6, 6.07) is 2.91. The van der Waals surface area contributed by atoms with Crippen LogP contribution in [-0.4, -0.2) is 10.8 Å². The summed E-state index contributed by atoms with van der Waals surface area (Å²) in [6.45, 7) is 0. The molecule has 16 heavy (non-hydrogen) atoms. The van der Waals surface area contributed by atoms with Crippen LogP contribution >= 0.6 is 0 Å². The number of nitrogens with one attached hydrogen (secondary N) is 2. The topological polar surface area (TPSA) is 110 Å². The van der Waals surface area contributed by atoms with Gasteiger partial charge >= 0.3 is 0 Å². The van der Waals surface area contributed by atoms with Gasteiger partial charge in [0.2, 0.25) is 5.91 Å². The zero-order valence-corrected chi connectivity index (χ0v) is 8.32. The van der Waals surface area contributed by atoms with E-state index in [1.165, 1.54) is 12.1 Å². The summed E-state index contributed by atoms with van der Waals surface area (Å²) in [6.07, 6.45) is 0.854. The first-order valence-electron chi connectivity index (χ1n) is 4.69. The second kappa shape index (κ2) is 3.78. The molecular formula is C9H10N4O3. The van der Waals surface area contributed by atoms with Gasteiger partial charge in [0.25, 0.3) is 5.69 Å². The maximum Gasteiger partial charge on any atom is 0.294 e. The molecule has 0 unspecified atom stereocenters. The standard InChI is InChI=1S/C9H10N4O3/c10-12-7-4-6-5(1-2-9(14)11-6)3-8(7)13(15)16/h3-4,12H,1-2,10H2,(H,11,14). The number of nitrogen functional groups attached to an aromatic ring is 1. The lowest BCUT2D eigenvalue weighted by atomic mass is 10.0. The molecule has 1 aliphatic heterocycles. The predicted molar refractivity (Wildman–Crippen MR) is 57.9 cm³/mol. The minimum atomic E-state index is -0.508. The van der Waals surface area contributed by atoms with Crippen LogP contribution in [0.3, 0.4) is 0 Å². The number of nitrogens with two attached hydrogens (primary N) is 1. The number of hydrogen-bond donors (Lipinski definition) is 3. The third-order valence-corrected chi connectivity index (χ3v) is 2.47. The number of hydrazine groups is 1. The minimum absolute atomic E-state index is 0.0857. The SMILES string of the molecule is NNc1cc2c(cc1[N+](=O)[O-])CCC(=O)N2. The molecule has 0 saturated heterocycles. The highest BCUT2D eigenvalue weighted by Gasteiger charge is 2.21. The van der Waals surface area contributed by atoms with Gasteiger partial charge in [-0.25, -0.2) is 0 Å². The molecule has 1 aromatic rings. The van der Waals surface area contributed by atoms with Gasteiger partial charge in [-0.05, 0) is 18.1 Å². The van der Waals surface area contributed by atoms with Crippen LogP contribution in [0.4, 0.5) is 17.1 Å². The average molecular weight is 222 g/mol. The maximum atomic E-state index is 11.1. The van der Waals surface area contributed by atoms with Gasteiger partial charge in [-0.3, -0.25) is 20.8 Å². The summed E-state index contributed by atoms with van der Waals surface area (Å²) in [4.78, 5) is 21.4. The number of aryl methyl sites for hydroxylation is 1. The van der Waals surface area contributed by atoms with Crippen molar-refractivity contribution in [2.24, 2.45) is 5.84 Å². The van der Waals surface area contributed by atoms with Crippen molar-refractivity contribution in [3.05, 3.63) is 27.8 Å². The molecule has 0 aliphatic carbocycles. The van der Waals surface area contributed by atoms with Crippen molar-refractivity contribution in [3.63, 3.8) is 0 Å². The van der Waals surface area contributed by atoms with Crippen LogP contribution < -0.4 is 16.6 Å². The van der Waals surface area contributed by atoms with E-state index in [1.54, 1.807) is 0 Å². The van der Waals surface area contributed by atoms with Crippen molar-refractivity contribution in [3.8, 4) is 0 Å². The Morgan fingerprint density at radius 1 is 1.44 bits per heavy atom. The molecule has 0 aromatic heterocycles. The zero-order chi connectivity index (χ0) is 11.7. The van der Waals surface area contributed by atoms with E-state index >= 15 is 0 Å². The number of fused-ring (bicyclic) bond motifs is 1. The molecule has 1 aliphatic rings. The van der Waals surface area contributed by atoms with Crippen molar-refractivity contribution in [2.75, 3.05) is 10.7 Å². The van der Waals surface area contributed by atoms with Crippen LogP contribution in [-0.2, 0) is 11.2 Å². The Labute approximate surface area is 90.7 Å². The minimum Gasteiger partial charge on any atom is -0.326 e. The average Bonchev–Trinajstić information content (AvgIpc) is 2.26. The summed E-state index contributed by atoms with van der Waals surface area (Å²) >= 11 is 0. The Hall–Kier alpha value is -2.15. The fourth-order valence-electron chi connectivity index (χ4n) is 1.68. The molecule has 2 rings (SSSR count). The van der Waals surface area contributed by atoms with E-state index in [1.807, 2.05) is 0 Å². The summed E-state index contributed by atoms with van der Waals surface area (Å²) in [5.74, 6) is 5.10. The van der Waals surface area contributed by atoms with Crippen LogP contribution in [0, 0.1) is 10.1 Å². The van der Waals surface area contributed by atoms with E-state index in [-0.39, 0.29) is 17.3 Å². The molecule has 84 valence electrons. The molecule has 7 heteroatoms. The van der Waals surface area contributed by atoms with Crippen LogP contribution in [0.2, 0.25) is 0 Å². The molecule has 0 fully saturated rings. The first-order chi connectivity index (χ1) is 7.61. The number of nitrogens with zero attached hydrogens (tertiary/aromatic N) is 1. The van der Waals surface area contributed by atoms with Crippen molar-refractivity contribution in [2.45, 2.75) is 12.8 Å². The van der Waals surface area contributed by atoms with Crippen LogP contribution in [0.25, 0.3) is 0 Å². The Morgan fingerprint density at radius 3 is 2.81 bits per heavy atom. The lowest BCUT2D eigenvalue weighted by molar-refractivity contribution is -0.384. The lowest BCUT2D eigenvalue weighted by Crippen LogP contribution is -2.20. The van der Waals surface area contributed by atoms with E-state index in [2.05, 4.69) is 10.7 Å². The predicted octanol–water partition coefficient (Wildman–Crippen LogP) is 0.765. The summed E-state index contributed by atoms with van der Waals surface area (Å²) in [7, 11) is 0. The number of amides is 1. The molecule has 0 bridgehead atoms. The fraction of sp³-hybridized carbons (Fsp3) is 0.222. The smallest absolute Gasteiger partial charge is 0.294 e. The van der Waals surface area contributed by atoms with Gasteiger partial charge in [-0.1, -0.05) is 0 Å². The fourth-order valence-corrected chi connectivity index (χ4v) is 1.68. The second-order valence-electron chi connectivity index (χ2n) is 3.48. The molecule has 7 nitrogen and oxygen atoms in total. The Balaban J connectivity index is 2.52. The second-order valence-corrected chi connectivity index (χ2v) is 3.48. The Morgan fingerprint density at radius 2 is 2.19 bits per heavy atom. The van der Waals surface area contributed by atoms with Crippen LogP contribution in [0.1, 0.15) is 12.0 Å². The van der Waals surface area contributed by atoms with Crippen LogP contribution in [0.5, 0.6) is 0 Å². The first-order valence-corrected chi connectivity index (χ1v) is 4.69. The molecule has 0 spiro atoms. The quantitative estimate of drug-likeness (QED) is 0.388. The highest BCUT2D eigenvalue weighted by atomic mass is 16.6. The van der Waals surface area contributed by atoms with Gasteiger partial charge in [-0.15, -0.1) is 0 Å². The van der Waals surface area contributed by atoms with E-state index in [9.17, 15) is 14.9 Å².